The highest BCUT2D eigenvalue weighted by atomic mass is 127. The van der Waals surface area contributed by atoms with Crippen LogP contribution in [0.25, 0.3) is 20.9 Å². The number of benzene rings is 2. The molecule has 55 heavy (non-hydrogen) atoms. The van der Waals surface area contributed by atoms with E-state index in [2.05, 4.69) is 119 Å². The van der Waals surface area contributed by atoms with Crippen molar-refractivity contribution in [2.45, 2.75) is 168 Å². The molecule has 2 aromatic heterocycles. The number of ether oxygens (including phenoxy) is 2. The first-order chi connectivity index (χ1) is 27.0. The second kappa shape index (κ2) is 25.2. The monoisotopic (exact) mass is 1010 g/mol. The van der Waals surface area contributed by atoms with Gasteiger partial charge in [0.25, 0.3) is 0 Å². The van der Waals surface area contributed by atoms with Gasteiger partial charge in [-0.1, -0.05) is 155 Å². The quantitative estimate of drug-likeness (QED) is 0.0368. The van der Waals surface area contributed by atoms with Crippen LogP contribution in [0.4, 0.5) is 17.1 Å². The molecule has 1 aliphatic heterocycles. The summed E-state index contributed by atoms with van der Waals surface area (Å²) in [5.41, 5.74) is 7.66. The highest BCUT2D eigenvalue weighted by Gasteiger charge is 2.31. The number of fused-ring (bicyclic) bond motifs is 5. The molecule has 7 heteroatoms. The van der Waals surface area contributed by atoms with Crippen molar-refractivity contribution in [3.05, 3.63) is 59.9 Å². The molecule has 3 nitrogen and oxygen atoms in total. The SMILES string of the molecule is CCCCCCCCCCCCOc1cc2c(cc1OCCCCCCCCCCCC)-c1sc(I)cc1N(c1ccc(CCCC)cc1)c1cc(I)sc1-2. The van der Waals surface area contributed by atoms with E-state index in [0.29, 0.717) is 0 Å². The fourth-order valence-corrected chi connectivity index (χ4v) is 11.4. The first kappa shape index (κ1) is 44.8. The van der Waals surface area contributed by atoms with Gasteiger partial charge in [-0.05, 0) is 113 Å². The van der Waals surface area contributed by atoms with Gasteiger partial charge in [-0.15, -0.1) is 22.7 Å². The molecule has 3 heterocycles. The molecule has 0 bridgehead atoms. The topological polar surface area (TPSA) is 21.7 Å². The highest BCUT2D eigenvalue weighted by molar-refractivity contribution is 14.1. The minimum atomic E-state index is 0.734. The van der Waals surface area contributed by atoms with Crippen molar-refractivity contribution in [3.63, 3.8) is 0 Å². The number of thiophene rings is 2. The van der Waals surface area contributed by atoms with Crippen LogP contribution in [0.3, 0.4) is 0 Å². The molecule has 0 spiro atoms. The molecule has 0 N–H and O–H groups in total. The van der Waals surface area contributed by atoms with Crippen LogP contribution in [-0.4, -0.2) is 13.2 Å². The summed E-state index contributed by atoms with van der Waals surface area (Å²) in [4.78, 5) is 5.11. The van der Waals surface area contributed by atoms with Crippen LogP contribution in [0.5, 0.6) is 11.5 Å². The molecule has 1 aliphatic rings. The fourth-order valence-electron chi connectivity index (χ4n) is 7.73. The normalized spacial score (nSPS) is 12.1. The zero-order valence-corrected chi connectivity index (χ0v) is 40.1. The lowest BCUT2D eigenvalue weighted by Crippen LogP contribution is -2.09. The number of nitrogens with zero attached hydrogens (tertiary/aromatic N) is 1. The number of unbranched alkanes of at least 4 members (excludes halogenated alkanes) is 19. The Morgan fingerprint density at radius 2 is 0.855 bits per heavy atom. The Balaban J connectivity index is 1.33. The Kier molecular flexibility index (Phi) is 20.6. The van der Waals surface area contributed by atoms with E-state index in [1.54, 1.807) is 0 Å². The third-order valence-corrected chi connectivity index (χ3v) is 14.8. The van der Waals surface area contributed by atoms with Crippen LogP contribution in [0.2, 0.25) is 0 Å². The minimum Gasteiger partial charge on any atom is -0.490 e. The zero-order chi connectivity index (χ0) is 38.7. The molecule has 0 aliphatic carbocycles. The van der Waals surface area contributed by atoms with Gasteiger partial charge in [0.05, 0.1) is 40.1 Å². The summed E-state index contributed by atoms with van der Waals surface area (Å²) in [6.07, 6.45) is 30.0. The molecule has 0 saturated carbocycles. The lowest BCUT2D eigenvalue weighted by Gasteiger charge is -2.24. The van der Waals surface area contributed by atoms with Crippen molar-refractivity contribution in [3.8, 4) is 32.4 Å². The van der Waals surface area contributed by atoms with Crippen molar-refractivity contribution < 1.29 is 9.47 Å². The Bertz CT molecular complexity index is 1580. The Labute approximate surface area is 370 Å². The standard InChI is InChI=1S/C48H67I2NO2S2/c1-4-7-10-12-14-16-18-20-22-24-31-52-43-33-39-40(34-44(43)53-32-25-23-21-19-17-15-13-11-8-5-2)48-42(36-46(50)55-48)51(41-35-45(49)54-47(39)41)38-29-27-37(28-30-38)26-9-6-3/h27-30,33-36H,4-26,31-32H2,1-3H3. The van der Waals surface area contributed by atoms with E-state index in [-0.39, 0.29) is 0 Å². The van der Waals surface area contributed by atoms with Crippen LogP contribution >= 0.6 is 67.9 Å². The average Bonchev–Trinajstić information content (AvgIpc) is 3.75. The maximum absolute atomic E-state index is 6.70. The van der Waals surface area contributed by atoms with Gasteiger partial charge in [0.1, 0.15) is 0 Å². The zero-order valence-electron chi connectivity index (χ0n) is 34.1. The molecule has 0 radical (unpaired) electrons. The lowest BCUT2D eigenvalue weighted by molar-refractivity contribution is 0.258. The molecule has 4 aromatic rings. The van der Waals surface area contributed by atoms with Gasteiger partial charge in [0.2, 0.25) is 0 Å². The van der Waals surface area contributed by atoms with Crippen molar-refractivity contribution in [1.82, 2.24) is 0 Å². The maximum atomic E-state index is 6.70. The number of hydrogen-bond acceptors (Lipinski definition) is 5. The molecule has 0 fully saturated rings. The summed E-state index contributed by atoms with van der Waals surface area (Å²) in [6.45, 7) is 8.33. The molecule has 0 atom stereocenters. The molecule has 2 aromatic carbocycles. The number of halogens is 2. The number of hydrogen-bond donors (Lipinski definition) is 0. The first-order valence-corrected chi connectivity index (χ1v) is 25.7. The summed E-state index contributed by atoms with van der Waals surface area (Å²) in [5.74, 6) is 1.80. The molecule has 0 saturated heterocycles. The van der Waals surface area contributed by atoms with E-state index in [0.717, 1.165) is 44.0 Å². The van der Waals surface area contributed by atoms with Crippen LogP contribution < -0.4 is 14.4 Å². The van der Waals surface area contributed by atoms with E-state index < -0.39 is 0 Å². The molecule has 302 valence electrons. The minimum absolute atomic E-state index is 0.734. The number of anilines is 3. The molecule has 0 amide bonds. The van der Waals surface area contributed by atoms with E-state index in [1.807, 2.05) is 22.7 Å². The number of rotatable bonds is 28. The van der Waals surface area contributed by atoms with Crippen molar-refractivity contribution in [1.29, 1.82) is 0 Å². The smallest absolute Gasteiger partial charge is 0.161 e. The van der Waals surface area contributed by atoms with E-state index in [4.69, 9.17) is 9.47 Å². The van der Waals surface area contributed by atoms with Gasteiger partial charge in [-0.25, -0.2) is 0 Å². The molecular weight excluding hydrogens is 940 g/mol. The van der Waals surface area contributed by atoms with Crippen LogP contribution in [-0.2, 0) is 6.42 Å². The summed E-state index contributed by atoms with van der Waals surface area (Å²) < 4.78 is 16.0. The third kappa shape index (κ3) is 13.9. The Hall–Kier alpha value is -1.30. The fraction of sp³-hybridized carbons (Fsp3) is 0.583. The second-order valence-corrected chi connectivity index (χ2v) is 21.4. The van der Waals surface area contributed by atoms with Crippen molar-refractivity contribution >= 4 is 84.9 Å². The van der Waals surface area contributed by atoms with E-state index >= 15 is 0 Å². The first-order valence-electron chi connectivity index (χ1n) is 22.0. The third-order valence-electron chi connectivity index (χ3n) is 10.9. The molecule has 0 unspecified atom stereocenters. The maximum Gasteiger partial charge on any atom is 0.161 e. The van der Waals surface area contributed by atoms with E-state index in [1.165, 1.54) is 178 Å². The van der Waals surface area contributed by atoms with E-state index in [9.17, 15) is 0 Å². The predicted octanol–water partition coefficient (Wildman–Crippen LogP) is 18.1. The molecule has 5 rings (SSSR count). The summed E-state index contributed by atoms with van der Waals surface area (Å²) >= 11 is 8.79. The molecular formula is C48H67I2NO2S2. The Morgan fingerprint density at radius 3 is 1.25 bits per heavy atom. The van der Waals surface area contributed by atoms with Crippen molar-refractivity contribution in [2.75, 3.05) is 18.1 Å². The number of aryl methyl sites for hydroxylation is 1. The van der Waals surface area contributed by atoms with Gasteiger partial charge in [0, 0.05) is 16.8 Å². The average molecular weight is 1010 g/mol. The highest BCUT2D eigenvalue weighted by Crippen LogP contribution is 2.57. The van der Waals surface area contributed by atoms with Crippen LogP contribution in [0.1, 0.15) is 168 Å². The predicted molar refractivity (Wildman–Crippen MR) is 260 cm³/mol. The van der Waals surface area contributed by atoms with Gasteiger partial charge in [-0.2, -0.15) is 0 Å². The second-order valence-electron chi connectivity index (χ2n) is 15.5. The van der Waals surface area contributed by atoms with Crippen LogP contribution in [0.15, 0.2) is 48.5 Å². The van der Waals surface area contributed by atoms with Gasteiger partial charge in [-0.3, -0.25) is 0 Å². The van der Waals surface area contributed by atoms with Gasteiger partial charge < -0.3 is 14.4 Å². The van der Waals surface area contributed by atoms with Crippen LogP contribution in [0, 0.1) is 5.77 Å². The summed E-state index contributed by atoms with van der Waals surface area (Å²) in [5, 5.41) is 0. The summed E-state index contributed by atoms with van der Waals surface area (Å²) in [7, 11) is 0. The van der Waals surface area contributed by atoms with Crippen molar-refractivity contribution in [2.24, 2.45) is 0 Å². The lowest BCUT2D eigenvalue weighted by atomic mass is 10.0. The Morgan fingerprint density at radius 1 is 0.473 bits per heavy atom. The van der Waals surface area contributed by atoms with Gasteiger partial charge in [0.15, 0.2) is 11.5 Å². The largest absolute Gasteiger partial charge is 0.490 e. The summed E-state index contributed by atoms with van der Waals surface area (Å²) in [6, 6.07) is 18.7. The van der Waals surface area contributed by atoms with Gasteiger partial charge >= 0.3 is 0 Å².